The van der Waals surface area contributed by atoms with Gasteiger partial charge >= 0.3 is 0 Å². The monoisotopic (exact) mass is 542 g/mol. The van der Waals surface area contributed by atoms with Crippen LogP contribution in [0.2, 0.25) is 0 Å². The van der Waals surface area contributed by atoms with Gasteiger partial charge in [-0.15, -0.1) is 11.3 Å². The van der Waals surface area contributed by atoms with Gasteiger partial charge in [-0.25, -0.2) is 4.98 Å². The molecule has 0 aliphatic carbocycles. The lowest BCUT2D eigenvalue weighted by atomic mass is 10.1. The molecule has 204 valence electrons. The van der Waals surface area contributed by atoms with Crippen molar-refractivity contribution in [3.63, 3.8) is 0 Å². The Morgan fingerprint density at radius 2 is 1.82 bits per heavy atom. The zero-order valence-corrected chi connectivity index (χ0v) is 23.7. The van der Waals surface area contributed by atoms with Crippen LogP contribution in [-0.2, 0) is 0 Å². The summed E-state index contributed by atoms with van der Waals surface area (Å²) in [7, 11) is 0. The number of benzene rings is 1. The van der Waals surface area contributed by atoms with Gasteiger partial charge in [-0.1, -0.05) is 25.5 Å². The van der Waals surface area contributed by atoms with E-state index in [4.69, 9.17) is 4.98 Å². The van der Waals surface area contributed by atoms with Crippen LogP contribution in [0.25, 0.3) is 32.2 Å². The standard InChI is InChI=1S/C31H38N6OS/c1-2-35-15-17-37(18-16-35)31(38)30-20-24-8-7-23(19-29(24)39-30)27-21-28(25-22-32-11-9-26(25)34-27)33-10-6-14-36-12-4-3-5-13-36/h7-9,11,19-22H,2-6,10,12-18H2,1H3,(H,33,34). The molecule has 5 heterocycles. The van der Waals surface area contributed by atoms with Crippen LogP contribution >= 0.6 is 11.3 Å². The smallest absolute Gasteiger partial charge is 0.264 e. The van der Waals surface area contributed by atoms with Crippen molar-refractivity contribution in [1.82, 2.24) is 24.7 Å². The highest BCUT2D eigenvalue weighted by Gasteiger charge is 2.23. The fourth-order valence-corrected chi connectivity index (χ4v) is 6.86. The third-order valence-corrected chi connectivity index (χ3v) is 9.24. The van der Waals surface area contributed by atoms with Crippen LogP contribution in [0.1, 0.15) is 42.3 Å². The number of likely N-dealkylation sites (tertiary alicyclic amines) is 1. The molecule has 2 aliphatic heterocycles. The Kier molecular flexibility index (Phi) is 8.04. The Bertz CT molecular complexity index is 1440. The number of aromatic nitrogens is 2. The van der Waals surface area contributed by atoms with E-state index in [2.05, 4.69) is 51.3 Å². The number of anilines is 1. The van der Waals surface area contributed by atoms with Gasteiger partial charge in [0.25, 0.3) is 5.91 Å². The largest absolute Gasteiger partial charge is 0.384 e. The number of carbonyl (C=O) groups is 1. The molecule has 2 aliphatic rings. The van der Waals surface area contributed by atoms with Crippen molar-refractivity contribution in [1.29, 1.82) is 0 Å². The molecular weight excluding hydrogens is 504 g/mol. The molecule has 1 amide bonds. The second-order valence-corrected chi connectivity index (χ2v) is 11.8. The third kappa shape index (κ3) is 5.93. The number of pyridine rings is 2. The molecule has 7 nitrogen and oxygen atoms in total. The molecule has 0 unspecified atom stereocenters. The van der Waals surface area contributed by atoms with Crippen molar-refractivity contribution in [3.8, 4) is 11.3 Å². The summed E-state index contributed by atoms with van der Waals surface area (Å²) in [4.78, 5) is 30.4. The fraction of sp³-hybridized carbons (Fsp3) is 0.452. The Morgan fingerprint density at radius 3 is 2.64 bits per heavy atom. The summed E-state index contributed by atoms with van der Waals surface area (Å²) in [6.45, 7) is 11.3. The number of hydrogen-bond donors (Lipinski definition) is 1. The molecule has 0 saturated carbocycles. The van der Waals surface area contributed by atoms with E-state index in [1.54, 1.807) is 17.5 Å². The van der Waals surface area contributed by atoms with E-state index in [0.29, 0.717) is 0 Å². The van der Waals surface area contributed by atoms with Crippen molar-refractivity contribution in [2.24, 2.45) is 0 Å². The topological polar surface area (TPSA) is 64.6 Å². The Balaban J connectivity index is 1.20. The molecule has 1 aromatic carbocycles. The van der Waals surface area contributed by atoms with Crippen LogP contribution < -0.4 is 5.32 Å². The summed E-state index contributed by atoms with van der Waals surface area (Å²) >= 11 is 1.59. The molecule has 0 radical (unpaired) electrons. The predicted molar refractivity (Wildman–Crippen MR) is 162 cm³/mol. The lowest BCUT2D eigenvalue weighted by Crippen LogP contribution is -2.48. The number of amides is 1. The van der Waals surface area contributed by atoms with Crippen LogP contribution in [0.3, 0.4) is 0 Å². The molecule has 39 heavy (non-hydrogen) atoms. The summed E-state index contributed by atoms with van der Waals surface area (Å²) in [6, 6.07) is 12.6. The molecule has 3 aromatic heterocycles. The number of piperazine rings is 1. The van der Waals surface area contributed by atoms with Crippen LogP contribution in [0.15, 0.2) is 48.8 Å². The van der Waals surface area contributed by atoms with Gasteiger partial charge in [0.15, 0.2) is 0 Å². The molecule has 0 atom stereocenters. The van der Waals surface area contributed by atoms with E-state index < -0.39 is 0 Å². The Hall–Kier alpha value is -3.07. The van der Waals surface area contributed by atoms with Crippen LogP contribution in [0, 0.1) is 0 Å². The van der Waals surface area contributed by atoms with Gasteiger partial charge < -0.3 is 20.0 Å². The minimum atomic E-state index is 0.154. The third-order valence-electron chi connectivity index (χ3n) is 8.16. The second kappa shape index (κ2) is 12.0. The van der Waals surface area contributed by atoms with Crippen LogP contribution in [0.5, 0.6) is 0 Å². The van der Waals surface area contributed by atoms with E-state index in [1.165, 1.54) is 32.4 Å². The molecule has 8 heteroatoms. The number of likely N-dealkylation sites (N-methyl/N-ethyl adjacent to an activating group) is 1. The SMILES string of the molecule is CCN1CCN(C(=O)c2cc3ccc(-c4cc(NCCCN5CCCCC5)c5cnccc5n4)cc3s2)CC1. The van der Waals surface area contributed by atoms with Gasteiger partial charge in [-0.2, -0.15) is 0 Å². The second-order valence-electron chi connectivity index (χ2n) is 10.7. The number of carbonyl (C=O) groups excluding carboxylic acids is 1. The summed E-state index contributed by atoms with van der Waals surface area (Å²) < 4.78 is 1.12. The molecule has 0 bridgehead atoms. The van der Waals surface area contributed by atoms with Crippen molar-refractivity contribution >= 4 is 43.9 Å². The number of hydrogen-bond acceptors (Lipinski definition) is 7. The Labute approximate surface area is 234 Å². The van der Waals surface area contributed by atoms with Crippen molar-refractivity contribution in [2.75, 3.05) is 64.2 Å². The zero-order valence-electron chi connectivity index (χ0n) is 22.9. The zero-order chi connectivity index (χ0) is 26.6. The molecule has 4 aromatic rings. The van der Waals surface area contributed by atoms with E-state index in [9.17, 15) is 4.79 Å². The van der Waals surface area contributed by atoms with E-state index in [0.717, 1.165) is 95.0 Å². The maximum absolute atomic E-state index is 13.2. The number of piperidine rings is 1. The van der Waals surface area contributed by atoms with E-state index >= 15 is 0 Å². The molecule has 0 spiro atoms. The first-order valence-electron chi connectivity index (χ1n) is 14.4. The van der Waals surface area contributed by atoms with Crippen LogP contribution in [0.4, 0.5) is 5.69 Å². The normalized spacial score (nSPS) is 17.2. The van der Waals surface area contributed by atoms with Crippen molar-refractivity contribution in [3.05, 3.63) is 53.7 Å². The summed E-state index contributed by atoms with van der Waals surface area (Å²) in [6.07, 6.45) is 8.86. The first-order chi connectivity index (χ1) is 19.2. The minimum Gasteiger partial charge on any atom is -0.384 e. The number of fused-ring (bicyclic) bond motifs is 2. The summed E-state index contributed by atoms with van der Waals surface area (Å²) in [5.74, 6) is 0.154. The summed E-state index contributed by atoms with van der Waals surface area (Å²) in [5.41, 5.74) is 4.02. The van der Waals surface area contributed by atoms with Crippen molar-refractivity contribution < 1.29 is 4.79 Å². The number of nitrogens with one attached hydrogen (secondary N) is 1. The number of thiophene rings is 1. The molecule has 1 N–H and O–H groups in total. The highest BCUT2D eigenvalue weighted by Crippen LogP contribution is 2.33. The minimum absolute atomic E-state index is 0.154. The van der Waals surface area contributed by atoms with Gasteiger partial charge in [0.1, 0.15) is 0 Å². The van der Waals surface area contributed by atoms with Gasteiger partial charge in [-0.05, 0) is 75.1 Å². The van der Waals surface area contributed by atoms with E-state index in [-0.39, 0.29) is 5.91 Å². The summed E-state index contributed by atoms with van der Waals surface area (Å²) in [5, 5.41) is 5.84. The molecule has 2 fully saturated rings. The fourth-order valence-electron chi connectivity index (χ4n) is 5.79. The quantitative estimate of drug-likeness (QED) is 0.294. The molecule has 6 rings (SSSR count). The average Bonchev–Trinajstić information content (AvgIpc) is 3.43. The lowest BCUT2D eigenvalue weighted by Gasteiger charge is -2.33. The maximum atomic E-state index is 13.2. The maximum Gasteiger partial charge on any atom is 0.264 e. The molecule has 2 saturated heterocycles. The van der Waals surface area contributed by atoms with Crippen LogP contribution in [-0.4, -0.2) is 89.5 Å². The number of nitrogens with zero attached hydrogens (tertiary/aromatic N) is 5. The van der Waals surface area contributed by atoms with Gasteiger partial charge in [0, 0.05) is 66.5 Å². The average molecular weight is 543 g/mol. The van der Waals surface area contributed by atoms with Gasteiger partial charge in [0.05, 0.1) is 16.1 Å². The number of rotatable bonds is 8. The van der Waals surface area contributed by atoms with E-state index in [1.807, 2.05) is 23.2 Å². The first kappa shape index (κ1) is 26.2. The highest BCUT2D eigenvalue weighted by molar-refractivity contribution is 7.20. The highest BCUT2D eigenvalue weighted by atomic mass is 32.1. The lowest BCUT2D eigenvalue weighted by molar-refractivity contribution is 0.0648. The first-order valence-corrected chi connectivity index (χ1v) is 15.3. The van der Waals surface area contributed by atoms with Crippen molar-refractivity contribution in [2.45, 2.75) is 32.6 Å². The Morgan fingerprint density at radius 1 is 0.974 bits per heavy atom. The van der Waals surface area contributed by atoms with Gasteiger partial charge in [0.2, 0.25) is 0 Å². The van der Waals surface area contributed by atoms with Gasteiger partial charge in [-0.3, -0.25) is 9.78 Å². The predicted octanol–water partition coefficient (Wildman–Crippen LogP) is 5.58. The molecular formula is C31H38N6OS.